The Bertz CT molecular complexity index is 1780. The molecule has 2 aromatic carbocycles. The third-order valence-corrected chi connectivity index (χ3v) is 10.7. The van der Waals surface area contributed by atoms with Gasteiger partial charge in [-0.2, -0.15) is 8.78 Å². The van der Waals surface area contributed by atoms with Gasteiger partial charge in [-0.15, -0.1) is 11.3 Å². The maximum atomic E-state index is 15.8. The van der Waals surface area contributed by atoms with Crippen molar-refractivity contribution in [2.45, 2.75) is 62.7 Å². The lowest BCUT2D eigenvalue weighted by Crippen LogP contribution is -2.45. The zero-order chi connectivity index (χ0) is 33.4. The van der Waals surface area contributed by atoms with Crippen LogP contribution in [0.3, 0.4) is 0 Å². The van der Waals surface area contributed by atoms with Gasteiger partial charge >= 0.3 is 17.3 Å². The number of rotatable bonds is 8. The van der Waals surface area contributed by atoms with Gasteiger partial charge in [0.25, 0.3) is 0 Å². The number of likely N-dealkylation sites (tertiary alicyclic amines) is 1. The first kappa shape index (κ1) is 33.8. The molecule has 2 atom stereocenters. The summed E-state index contributed by atoms with van der Waals surface area (Å²) < 4.78 is 63.0. The number of aromatic nitrogens is 2. The summed E-state index contributed by atoms with van der Waals surface area (Å²) >= 11 is 7.40. The van der Waals surface area contributed by atoms with E-state index in [2.05, 4.69) is 4.98 Å². The van der Waals surface area contributed by atoms with Gasteiger partial charge in [0.1, 0.15) is 28.8 Å². The molecule has 14 heteroatoms. The molecule has 9 nitrogen and oxygen atoms in total. The first-order chi connectivity index (χ1) is 21.7. The molecule has 1 aliphatic rings. The van der Waals surface area contributed by atoms with E-state index in [1.807, 2.05) is 12.1 Å². The molecule has 1 saturated heterocycles. The van der Waals surface area contributed by atoms with Crippen molar-refractivity contribution in [2.24, 2.45) is 0 Å². The normalized spacial score (nSPS) is 15.9. The lowest BCUT2D eigenvalue weighted by atomic mass is 10.1. The van der Waals surface area contributed by atoms with Crippen LogP contribution in [-0.4, -0.2) is 61.8 Å². The zero-order valence-corrected chi connectivity index (χ0v) is 28.3. The third-order valence-electron chi connectivity index (χ3n) is 7.47. The largest absolute Gasteiger partial charge is 0.484 e. The van der Waals surface area contributed by atoms with Crippen molar-refractivity contribution in [1.82, 2.24) is 14.5 Å². The summed E-state index contributed by atoms with van der Waals surface area (Å²) in [7, 11) is -1.31. The molecule has 0 N–H and O–H groups in total. The Morgan fingerprint density at radius 3 is 2.46 bits per heavy atom. The number of alkyl halides is 2. The van der Waals surface area contributed by atoms with Crippen molar-refractivity contribution >= 4 is 56.8 Å². The maximum absolute atomic E-state index is 15.8. The first-order valence-corrected chi connectivity index (χ1v) is 17.0. The molecule has 0 bridgehead atoms. The van der Waals surface area contributed by atoms with Gasteiger partial charge in [-0.05, 0) is 64.8 Å². The lowest BCUT2D eigenvalue weighted by Gasteiger charge is -2.34. The molecule has 4 aromatic rings. The number of thiophene rings is 1. The monoisotopic (exact) mass is 693 g/mol. The molecule has 0 saturated carbocycles. The second kappa shape index (κ2) is 13.3. The van der Waals surface area contributed by atoms with Crippen LogP contribution in [0.4, 0.5) is 13.6 Å². The lowest BCUT2D eigenvalue weighted by molar-refractivity contribution is 0.0216. The van der Waals surface area contributed by atoms with E-state index in [9.17, 15) is 13.8 Å². The molecule has 0 aliphatic carbocycles. The van der Waals surface area contributed by atoms with Crippen LogP contribution in [-0.2, 0) is 25.5 Å². The number of ether oxygens (including phenoxy) is 3. The summed E-state index contributed by atoms with van der Waals surface area (Å²) in [6, 6.07) is 12.7. The molecule has 1 amide bonds. The first-order valence-electron chi connectivity index (χ1n) is 14.6. The van der Waals surface area contributed by atoms with Gasteiger partial charge < -0.3 is 19.1 Å². The number of methoxy groups -OCH3 is 1. The molecule has 1 aliphatic heterocycles. The molecule has 246 valence electrons. The van der Waals surface area contributed by atoms with E-state index in [0.717, 1.165) is 16.9 Å². The quantitative estimate of drug-likeness (QED) is 0.173. The predicted molar refractivity (Wildman–Crippen MR) is 174 cm³/mol. The number of fused-ring (bicyclic) bond motifs is 1. The number of imidazole rings is 1. The number of esters is 1. The molecule has 46 heavy (non-hydrogen) atoms. The Hall–Kier alpha value is -3.55. The zero-order valence-electron chi connectivity index (χ0n) is 25.9. The fraction of sp³-hybridized carbons (Fsp3) is 0.406. The number of nitrogens with zero attached hydrogens (tertiary/aromatic N) is 3. The van der Waals surface area contributed by atoms with Crippen molar-refractivity contribution in [3.05, 3.63) is 75.9 Å². The number of carbonyl (C=O) groups is 2. The summed E-state index contributed by atoms with van der Waals surface area (Å²) in [5, 5.41) is -3.51. The Morgan fingerprint density at radius 1 is 1.11 bits per heavy atom. The highest BCUT2D eigenvalue weighted by Gasteiger charge is 2.45. The molecular weight excluding hydrogens is 660 g/mol. The highest BCUT2D eigenvalue weighted by molar-refractivity contribution is 7.86. The SMILES string of the molecule is COC(=O)c1sc(-n2cnc3ccc(C(F)(F)S(=O)C4CCN(C(=O)OC(C)(C)C)CC4)cc32)cc1O[C@H](C)c1ccccc1Cl. The molecule has 1 fully saturated rings. The smallest absolute Gasteiger partial charge is 0.410 e. The van der Waals surface area contributed by atoms with Crippen LogP contribution in [0.2, 0.25) is 5.02 Å². The van der Waals surface area contributed by atoms with Crippen molar-refractivity contribution in [1.29, 1.82) is 0 Å². The van der Waals surface area contributed by atoms with E-state index in [4.69, 9.17) is 25.8 Å². The second-order valence-corrected chi connectivity index (χ2v) is 15.1. The number of hydrogen-bond donors (Lipinski definition) is 0. The maximum Gasteiger partial charge on any atom is 0.410 e. The predicted octanol–water partition coefficient (Wildman–Crippen LogP) is 7.86. The van der Waals surface area contributed by atoms with E-state index in [-0.39, 0.29) is 36.6 Å². The van der Waals surface area contributed by atoms with Gasteiger partial charge in [-0.25, -0.2) is 14.6 Å². The van der Waals surface area contributed by atoms with Crippen LogP contribution in [0.15, 0.2) is 54.9 Å². The van der Waals surface area contributed by atoms with Gasteiger partial charge in [0.2, 0.25) is 0 Å². The fourth-order valence-corrected chi connectivity index (χ4v) is 7.83. The second-order valence-electron chi connectivity index (χ2n) is 11.9. The highest BCUT2D eigenvalue weighted by Crippen LogP contribution is 2.40. The Balaban J connectivity index is 1.39. The molecule has 0 radical (unpaired) electrons. The molecule has 1 unspecified atom stereocenters. The summed E-state index contributed by atoms with van der Waals surface area (Å²) in [4.78, 5) is 31.1. The van der Waals surface area contributed by atoms with Gasteiger partial charge in [0, 0.05) is 40.6 Å². The topological polar surface area (TPSA) is 100.0 Å². The minimum Gasteiger partial charge on any atom is -0.484 e. The van der Waals surface area contributed by atoms with Gasteiger partial charge in [-0.3, -0.25) is 8.78 Å². The Labute approximate surface area is 276 Å². The van der Waals surface area contributed by atoms with Crippen molar-refractivity contribution in [2.75, 3.05) is 20.2 Å². The van der Waals surface area contributed by atoms with E-state index in [1.165, 1.54) is 36.5 Å². The van der Waals surface area contributed by atoms with Crippen molar-refractivity contribution in [3.63, 3.8) is 0 Å². The van der Waals surface area contributed by atoms with Crippen LogP contribution in [0.25, 0.3) is 16.0 Å². The van der Waals surface area contributed by atoms with Crippen LogP contribution in [0, 0.1) is 0 Å². The molecule has 2 aromatic heterocycles. The minimum atomic E-state index is -3.67. The number of carbonyl (C=O) groups excluding carboxylic acids is 2. The Morgan fingerprint density at radius 2 is 1.80 bits per heavy atom. The van der Waals surface area contributed by atoms with Crippen molar-refractivity contribution in [3.8, 4) is 10.8 Å². The molecular formula is C32H34ClF2N3O6S2. The fourth-order valence-electron chi connectivity index (χ4n) is 5.13. The van der Waals surface area contributed by atoms with E-state index in [1.54, 1.807) is 50.5 Å². The number of amides is 1. The average molecular weight is 694 g/mol. The number of benzene rings is 2. The molecule has 5 rings (SSSR count). The number of piperidine rings is 1. The number of halogens is 3. The summed E-state index contributed by atoms with van der Waals surface area (Å²) in [5.41, 5.74) is 0.371. The van der Waals surface area contributed by atoms with Gasteiger partial charge in [0.05, 0.1) is 28.9 Å². The standard InChI is InChI=1S/C32H34ClF2N3O6S2/c1-19(22-8-6-7-9-23(22)33)43-26-17-27(45-28(26)29(39)42-5)38-18-36-24-11-10-20(16-25(24)38)32(34,35)46(41)21-12-14-37(15-13-21)30(40)44-31(2,3)4/h6-11,16-19,21H,12-15H2,1-5H3/t19-,46?/m1/s1. The van der Waals surface area contributed by atoms with E-state index in [0.29, 0.717) is 21.1 Å². The van der Waals surface area contributed by atoms with Gasteiger partial charge in [0.15, 0.2) is 4.88 Å². The third kappa shape index (κ3) is 7.06. The molecule has 0 spiro atoms. The van der Waals surface area contributed by atoms with Crippen LogP contribution in [0.5, 0.6) is 5.75 Å². The van der Waals surface area contributed by atoms with E-state index >= 15 is 8.78 Å². The van der Waals surface area contributed by atoms with E-state index < -0.39 is 50.6 Å². The van der Waals surface area contributed by atoms with Crippen LogP contribution < -0.4 is 4.74 Å². The number of hydrogen-bond acceptors (Lipinski definition) is 8. The average Bonchev–Trinajstić information content (AvgIpc) is 3.63. The molecule has 3 heterocycles. The van der Waals surface area contributed by atoms with Gasteiger partial charge in [-0.1, -0.05) is 29.8 Å². The summed E-state index contributed by atoms with van der Waals surface area (Å²) in [6.45, 7) is 7.40. The highest BCUT2D eigenvalue weighted by atomic mass is 35.5. The van der Waals surface area contributed by atoms with Crippen LogP contribution in [0.1, 0.15) is 67.4 Å². The Kier molecular flexibility index (Phi) is 9.76. The summed E-state index contributed by atoms with van der Waals surface area (Å²) in [5.74, 6) is -0.385. The minimum absolute atomic E-state index is 0.155. The van der Waals surface area contributed by atoms with Crippen molar-refractivity contribution < 1.29 is 36.8 Å². The van der Waals surface area contributed by atoms with Crippen LogP contribution >= 0.6 is 22.9 Å². The summed E-state index contributed by atoms with van der Waals surface area (Å²) in [6.07, 6.45) is 0.739.